The maximum atomic E-state index is 13.4. The van der Waals surface area contributed by atoms with Gasteiger partial charge < -0.3 is 9.47 Å². The van der Waals surface area contributed by atoms with Crippen molar-refractivity contribution < 1.29 is 13.9 Å². The molecule has 0 bridgehead atoms. The summed E-state index contributed by atoms with van der Waals surface area (Å²) in [6.45, 7) is 7.71. The fraction of sp³-hybridized carbons (Fsp3) is 0.500. The summed E-state index contributed by atoms with van der Waals surface area (Å²) in [5.74, 6) is -0.459. The van der Waals surface area contributed by atoms with Gasteiger partial charge in [-0.1, -0.05) is 0 Å². The summed E-state index contributed by atoms with van der Waals surface area (Å²) in [7, 11) is 0. The Morgan fingerprint density at radius 2 is 1.67 bits per heavy atom. The zero-order valence-corrected chi connectivity index (χ0v) is 11.0. The number of hydrogen-bond acceptors (Lipinski definition) is 3. The van der Waals surface area contributed by atoms with Gasteiger partial charge in [-0.05, 0) is 45.9 Å². The first kappa shape index (κ1) is 13.0. The van der Waals surface area contributed by atoms with Crippen molar-refractivity contribution in [2.75, 3.05) is 0 Å². The number of benzene rings is 1. The van der Waals surface area contributed by atoms with Gasteiger partial charge in [0.2, 0.25) is 0 Å². The van der Waals surface area contributed by atoms with Crippen molar-refractivity contribution in [3.63, 3.8) is 0 Å². The highest BCUT2D eigenvalue weighted by atomic mass is 19.1. The molecule has 4 heteroatoms. The molecule has 0 radical (unpaired) electrons. The van der Waals surface area contributed by atoms with E-state index >= 15 is 0 Å². The molecule has 0 N–H and O–H groups in total. The molecular formula is C14H16FNO2. The SMILES string of the molecule is CC1(C)OC(c2cc(F)cc(C#N)c2)OC1(C)C. The highest BCUT2D eigenvalue weighted by molar-refractivity contribution is 5.34. The van der Waals surface area contributed by atoms with Crippen LogP contribution in [0.1, 0.15) is 45.1 Å². The second kappa shape index (κ2) is 4.04. The predicted octanol–water partition coefficient (Wildman–Crippen LogP) is 3.30. The third kappa shape index (κ3) is 2.12. The summed E-state index contributed by atoms with van der Waals surface area (Å²) in [5.41, 5.74) is -0.155. The maximum Gasteiger partial charge on any atom is 0.185 e. The molecule has 2 rings (SSSR count). The summed E-state index contributed by atoms with van der Waals surface area (Å²) >= 11 is 0. The van der Waals surface area contributed by atoms with E-state index in [1.165, 1.54) is 12.1 Å². The van der Waals surface area contributed by atoms with Crippen LogP contribution in [0.4, 0.5) is 4.39 Å². The van der Waals surface area contributed by atoms with E-state index in [-0.39, 0.29) is 5.56 Å². The molecule has 1 aliphatic rings. The number of nitrogens with zero attached hydrogens (tertiary/aromatic N) is 1. The van der Waals surface area contributed by atoms with Crippen molar-refractivity contribution in [3.8, 4) is 6.07 Å². The molecule has 1 aliphatic heterocycles. The van der Waals surface area contributed by atoms with Crippen LogP contribution < -0.4 is 0 Å². The maximum absolute atomic E-state index is 13.4. The molecule has 1 aromatic carbocycles. The lowest BCUT2D eigenvalue weighted by molar-refractivity contribution is -0.0897. The van der Waals surface area contributed by atoms with E-state index in [1.54, 1.807) is 6.07 Å². The number of nitriles is 1. The van der Waals surface area contributed by atoms with Gasteiger partial charge in [-0.25, -0.2) is 4.39 Å². The molecule has 0 aliphatic carbocycles. The molecule has 18 heavy (non-hydrogen) atoms. The molecular weight excluding hydrogens is 233 g/mol. The molecule has 0 atom stereocenters. The quantitative estimate of drug-likeness (QED) is 0.766. The zero-order valence-electron chi connectivity index (χ0n) is 11.0. The third-order valence-electron chi connectivity index (χ3n) is 3.57. The van der Waals surface area contributed by atoms with Gasteiger partial charge in [-0.3, -0.25) is 0 Å². The van der Waals surface area contributed by atoms with Gasteiger partial charge in [0.05, 0.1) is 22.8 Å². The lowest BCUT2D eigenvalue weighted by atomic mass is 9.90. The monoisotopic (exact) mass is 249 g/mol. The van der Waals surface area contributed by atoms with Crippen molar-refractivity contribution in [2.24, 2.45) is 0 Å². The second-order valence-electron chi connectivity index (χ2n) is 5.47. The van der Waals surface area contributed by atoms with Crippen LogP contribution in [0.3, 0.4) is 0 Å². The molecule has 0 amide bonds. The highest BCUT2D eigenvalue weighted by Crippen LogP contribution is 2.44. The molecule has 0 unspecified atom stereocenters. The standard InChI is InChI=1S/C14H16FNO2/c1-13(2)14(3,4)18-12(17-13)10-5-9(8-16)6-11(15)7-10/h5-7,12H,1-4H3. The zero-order chi connectivity index (χ0) is 13.6. The summed E-state index contributed by atoms with van der Waals surface area (Å²) in [4.78, 5) is 0. The van der Waals surface area contributed by atoms with Crippen molar-refractivity contribution in [1.82, 2.24) is 0 Å². The van der Waals surface area contributed by atoms with Gasteiger partial charge in [-0.15, -0.1) is 0 Å². The number of hydrogen-bond donors (Lipinski definition) is 0. The Labute approximate surface area is 106 Å². The normalized spacial score (nSPS) is 21.8. The first-order valence-electron chi connectivity index (χ1n) is 5.81. The fourth-order valence-corrected chi connectivity index (χ4v) is 1.79. The molecule has 0 saturated carbocycles. The highest BCUT2D eigenvalue weighted by Gasteiger charge is 2.49. The first-order valence-corrected chi connectivity index (χ1v) is 5.81. The molecule has 1 fully saturated rings. The van der Waals surface area contributed by atoms with Crippen LogP contribution in [0.5, 0.6) is 0 Å². The molecule has 1 heterocycles. The molecule has 0 spiro atoms. The molecule has 1 saturated heterocycles. The van der Waals surface area contributed by atoms with Crippen molar-refractivity contribution in [3.05, 3.63) is 35.1 Å². The topological polar surface area (TPSA) is 42.2 Å². The third-order valence-corrected chi connectivity index (χ3v) is 3.57. The minimum Gasteiger partial charge on any atom is -0.339 e. The number of ether oxygens (including phenoxy) is 2. The van der Waals surface area contributed by atoms with E-state index in [0.29, 0.717) is 5.56 Å². The molecule has 96 valence electrons. The molecule has 3 nitrogen and oxygen atoms in total. The Balaban J connectivity index is 2.36. The Bertz CT molecular complexity index is 501. The minimum absolute atomic E-state index is 0.264. The lowest BCUT2D eigenvalue weighted by Gasteiger charge is -2.30. The summed E-state index contributed by atoms with van der Waals surface area (Å²) in [5, 5.41) is 8.84. The summed E-state index contributed by atoms with van der Waals surface area (Å²) in [6, 6.07) is 6.04. The predicted molar refractivity (Wildman–Crippen MR) is 64.2 cm³/mol. The van der Waals surface area contributed by atoms with Gasteiger partial charge in [0.1, 0.15) is 5.82 Å². The van der Waals surface area contributed by atoms with Gasteiger partial charge >= 0.3 is 0 Å². The van der Waals surface area contributed by atoms with Crippen LogP contribution in [0, 0.1) is 17.1 Å². The van der Waals surface area contributed by atoms with Gasteiger partial charge in [0.25, 0.3) is 0 Å². The van der Waals surface area contributed by atoms with Gasteiger partial charge in [0.15, 0.2) is 6.29 Å². The smallest absolute Gasteiger partial charge is 0.185 e. The van der Waals surface area contributed by atoms with E-state index in [2.05, 4.69) is 0 Å². The van der Waals surface area contributed by atoms with Crippen LogP contribution in [0.25, 0.3) is 0 Å². The second-order valence-corrected chi connectivity index (χ2v) is 5.47. The van der Waals surface area contributed by atoms with Crippen LogP contribution in [0.2, 0.25) is 0 Å². The summed E-state index contributed by atoms with van der Waals surface area (Å²) in [6.07, 6.45) is -0.641. The van der Waals surface area contributed by atoms with Crippen LogP contribution >= 0.6 is 0 Å². The molecule has 1 aromatic rings. The van der Waals surface area contributed by atoms with E-state index in [1.807, 2.05) is 33.8 Å². The molecule has 0 aromatic heterocycles. The average molecular weight is 249 g/mol. The lowest BCUT2D eigenvalue weighted by Crippen LogP contribution is -2.41. The van der Waals surface area contributed by atoms with E-state index in [9.17, 15) is 4.39 Å². The van der Waals surface area contributed by atoms with Crippen molar-refractivity contribution >= 4 is 0 Å². The number of rotatable bonds is 1. The van der Waals surface area contributed by atoms with E-state index in [4.69, 9.17) is 14.7 Å². The minimum atomic E-state index is -0.641. The first-order chi connectivity index (χ1) is 8.25. The van der Waals surface area contributed by atoms with Crippen LogP contribution in [-0.4, -0.2) is 11.2 Å². The summed E-state index contributed by atoms with van der Waals surface area (Å²) < 4.78 is 25.0. The Hall–Kier alpha value is -1.44. The number of halogens is 1. The fourth-order valence-electron chi connectivity index (χ4n) is 1.79. The Kier molecular flexibility index (Phi) is 2.92. The van der Waals surface area contributed by atoms with E-state index < -0.39 is 23.3 Å². The largest absolute Gasteiger partial charge is 0.339 e. The van der Waals surface area contributed by atoms with Gasteiger partial charge in [0, 0.05) is 5.56 Å². The Morgan fingerprint density at radius 1 is 1.11 bits per heavy atom. The van der Waals surface area contributed by atoms with Crippen molar-refractivity contribution in [1.29, 1.82) is 5.26 Å². The Morgan fingerprint density at radius 3 is 2.17 bits per heavy atom. The van der Waals surface area contributed by atoms with Crippen molar-refractivity contribution in [2.45, 2.75) is 45.2 Å². The van der Waals surface area contributed by atoms with Crippen LogP contribution in [-0.2, 0) is 9.47 Å². The van der Waals surface area contributed by atoms with Crippen LogP contribution in [0.15, 0.2) is 18.2 Å². The average Bonchev–Trinajstić information content (AvgIpc) is 2.47. The van der Waals surface area contributed by atoms with E-state index in [0.717, 1.165) is 0 Å². The van der Waals surface area contributed by atoms with Gasteiger partial charge in [-0.2, -0.15) is 5.26 Å².